The van der Waals surface area contributed by atoms with Crippen LogP contribution in [0.4, 0.5) is 16.4 Å². The van der Waals surface area contributed by atoms with E-state index in [1.165, 1.54) is 11.3 Å². The summed E-state index contributed by atoms with van der Waals surface area (Å²) < 4.78 is 42.2. The number of rotatable bonds is 30. The highest BCUT2D eigenvalue weighted by Gasteiger charge is 2.23. The number of hydrogen-bond donors (Lipinski definition) is 0. The summed E-state index contributed by atoms with van der Waals surface area (Å²) in [6.45, 7) is 19.4. The van der Waals surface area contributed by atoms with Crippen molar-refractivity contribution in [3.63, 3.8) is 0 Å². The first-order valence-corrected chi connectivity index (χ1v) is 19.9. The average Bonchev–Trinajstić information content (AvgIpc) is 3.45. The number of benzene rings is 1. The lowest BCUT2D eigenvalue weighted by molar-refractivity contribution is -0.0583. The predicted octanol–water partition coefficient (Wildman–Crippen LogP) is 6.12. The zero-order valence-electron chi connectivity index (χ0n) is 34.8. The molecule has 0 aliphatic carbocycles. The van der Waals surface area contributed by atoms with Gasteiger partial charge in [0.2, 0.25) is 0 Å². The molecular formula is C40H65N7O7S. The summed E-state index contributed by atoms with van der Waals surface area (Å²) >= 11 is 1.17. The Morgan fingerprint density at radius 3 is 1.64 bits per heavy atom. The molecule has 0 radical (unpaired) electrons. The van der Waals surface area contributed by atoms with E-state index in [-0.39, 0.29) is 24.4 Å². The monoisotopic (exact) mass is 787 g/mol. The van der Waals surface area contributed by atoms with Crippen molar-refractivity contribution in [2.45, 2.75) is 66.0 Å². The van der Waals surface area contributed by atoms with Crippen LogP contribution in [0.25, 0.3) is 0 Å². The van der Waals surface area contributed by atoms with E-state index in [0.29, 0.717) is 106 Å². The van der Waals surface area contributed by atoms with Crippen molar-refractivity contribution in [1.82, 2.24) is 9.80 Å². The minimum atomic E-state index is -0.274. The summed E-state index contributed by atoms with van der Waals surface area (Å²) in [6.07, 6.45) is -0.468. The highest BCUT2D eigenvalue weighted by atomic mass is 32.1. The summed E-state index contributed by atoms with van der Waals surface area (Å²) in [5, 5.41) is 28.4. The number of azo groups is 1. The molecule has 2 unspecified atom stereocenters. The number of hydrogen-bond acceptors (Lipinski definition) is 15. The van der Waals surface area contributed by atoms with Crippen molar-refractivity contribution in [2.24, 2.45) is 10.2 Å². The molecule has 14 nitrogen and oxygen atoms in total. The first kappa shape index (κ1) is 48.1. The highest BCUT2D eigenvalue weighted by Crippen LogP contribution is 2.36. The Morgan fingerprint density at radius 2 is 1.18 bits per heavy atom. The second-order valence-electron chi connectivity index (χ2n) is 14.2. The maximum absolute atomic E-state index is 9.67. The van der Waals surface area contributed by atoms with Crippen molar-refractivity contribution >= 4 is 27.7 Å². The number of ether oxygens (including phenoxy) is 7. The molecule has 0 fully saturated rings. The SMILES string of the molecule is Cc1cc(N(CC(COC(C)C)OCCOCCOCCN(C)C)CC(COC(C)C)OCCOCCN(C)C)ccc1/N=N/c1sc(C#N)c(C)c1C#N. The molecular weight excluding hydrogens is 723 g/mol. The topological polar surface area (TPSA) is 147 Å². The number of aryl methyl sites for hydroxylation is 1. The second-order valence-corrected chi connectivity index (χ2v) is 15.2. The van der Waals surface area contributed by atoms with Gasteiger partial charge in [0.25, 0.3) is 0 Å². The van der Waals surface area contributed by atoms with E-state index in [1.54, 1.807) is 6.92 Å². The van der Waals surface area contributed by atoms with E-state index in [4.69, 9.17) is 33.2 Å². The maximum atomic E-state index is 9.67. The number of thiophene rings is 1. The van der Waals surface area contributed by atoms with Crippen LogP contribution in [0.5, 0.6) is 0 Å². The molecule has 15 heteroatoms. The third-order valence-electron chi connectivity index (χ3n) is 8.11. The molecule has 2 aromatic rings. The zero-order chi connectivity index (χ0) is 40.6. The lowest BCUT2D eigenvalue weighted by Crippen LogP contribution is -2.44. The molecule has 0 saturated carbocycles. The quantitative estimate of drug-likeness (QED) is 0.0664. The second kappa shape index (κ2) is 27.5. The van der Waals surface area contributed by atoms with Crippen LogP contribution in [0.15, 0.2) is 28.4 Å². The summed E-state index contributed by atoms with van der Waals surface area (Å²) in [5.74, 6) is 0. The van der Waals surface area contributed by atoms with E-state index in [9.17, 15) is 10.5 Å². The fourth-order valence-corrected chi connectivity index (χ4v) is 5.88. The fraction of sp³-hybridized carbons (Fsp3) is 0.700. The van der Waals surface area contributed by atoms with Gasteiger partial charge in [0.1, 0.15) is 17.0 Å². The first-order valence-electron chi connectivity index (χ1n) is 19.0. The van der Waals surface area contributed by atoms with Crippen molar-refractivity contribution < 1.29 is 33.2 Å². The Balaban J connectivity index is 2.30. The standard InChI is InChI=1S/C40H65N7O7S/c1-30(2)53-28-35(51-21-19-49-16-14-46(9)10)26-47(27-36(29-54-31(3)4)52-22-20-50-18-17-48-15-13-45(7)8)34-11-12-38(32(5)23-34)43-44-40-37(24-41)33(6)39(25-42)55-40/h11-12,23,30-31,35-36H,13-22,26-29H2,1-10H3/b44-43+. The van der Waals surface area contributed by atoms with E-state index < -0.39 is 0 Å². The van der Waals surface area contributed by atoms with Crippen LogP contribution < -0.4 is 4.90 Å². The summed E-state index contributed by atoms with van der Waals surface area (Å²) in [5.41, 5.74) is 3.48. The van der Waals surface area contributed by atoms with Gasteiger partial charge in [0, 0.05) is 31.9 Å². The van der Waals surface area contributed by atoms with Crippen LogP contribution in [0.3, 0.4) is 0 Å². The van der Waals surface area contributed by atoms with Gasteiger partial charge in [-0.3, -0.25) is 0 Å². The number of anilines is 1. The zero-order valence-corrected chi connectivity index (χ0v) is 35.7. The normalized spacial score (nSPS) is 13.0. The van der Waals surface area contributed by atoms with Crippen LogP contribution in [0.2, 0.25) is 0 Å². The highest BCUT2D eigenvalue weighted by molar-refractivity contribution is 7.16. The molecule has 55 heavy (non-hydrogen) atoms. The van der Waals surface area contributed by atoms with E-state index in [0.717, 1.165) is 24.3 Å². The summed E-state index contributed by atoms with van der Waals surface area (Å²) in [6, 6.07) is 10.3. The Kier molecular flexibility index (Phi) is 24.1. The third kappa shape index (κ3) is 20.1. The van der Waals surface area contributed by atoms with Crippen LogP contribution in [-0.4, -0.2) is 155 Å². The molecule has 308 valence electrons. The van der Waals surface area contributed by atoms with Gasteiger partial charge in [-0.1, -0.05) is 0 Å². The summed E-state index contributed by atoms with van der Waals surface area (Å²) in [4.78, 5) is 6.86. The van der Waals surface area contributed by atoms with Gasteiger partial charge < -0.3 is 47.9 Å². The smallest absolute Gasteiger partial charge is 0.158 e. The predicted molar refractivity (Wildman–Crippen MR) is 217 cm³/mol. The molecule has 2 rings (SSSR count). The fourth-order valence-electron chi connectivity index (χ4n) is 5.00. The van der Waals surface area contributed by atoms with E-state index >= 15 is 0 Å². The van der Waals surface area contributed by atoms with Crippen molar-refractivity contribution in [2.75, 3.05) is 125 Å². The molecule has 2 atom stereocenters. The minimum absolute atomic E-state index is 0.0305. The van der Waals surface area contributed by atoms with E-state index in [1.807, 2.05) is 74.9 Å². The first-order chi connectivity index (χ1) is 26.3. The largest absolute Gasteiger partial charge is 0.378 e. The van der Waals surface area contributed by atoms with Gasteiger partial charge in [-0.05, 0) is 99.1 Å². The molecule has 0 bridgehead atoms. The van der Waals surface area contributed by atoms with E-state index in [2.05, 4.69) is 43.1 Å². The molecule has 1 heterocycles. The molecule has 1 aromatic carbocycles. The lowest BCUT2D eigenvalue weighted by Gasteiger charge is -2.33. The van der Waals surface area contributed by atoms with Gasteiger partial charge >= 0.3 is 0 Å². The minimum Gasteiger partial charge on any atom is -0.378 e. The van der Waals surface area contributed by atoms with Crippen molar-refractivity contribution in [1.29, 1.82) is 10.5 Å². The van der Waals surface area contributed by atoms with Crippen LogP contribution >= 0.6 is 11.3 Å². The molecule has 0 aliphatic heterocycles. The van der Waals surface area contributed by atoms with Crippen molar-refractivity contribution in [3.8, 4) is 12.1 Å². The molecule has 1 aromatic heterocycles. The molecule has 0 aliphatic rings. The van der Waals surface area contributed by atoms with Gasteiger partial charge in [-0.15, -0.1) is 21.6 Å². The lowest BCUT2D eigenvalue weighted by atomic mass is 10.1. The van der Waals surface area contributed by atoms with Crippen LogP contribution in [0, 0.1) is 36.5 Å². The maximum Gasteiger partial charge on any atom is 0.158 e. The Hall–Kier alpha value is -3.06. The molecule has 0 amide bonds. The number of nitriles is 2. The average molecular weight is 788 g/mol. The summed E-state index contributed by atoms with van der Waals surface area (Å²) in [7, 11) is 8.07. The number of nitrogens with zero attached hydrogens (tertiary/aromatic N) is 7. The Bertz CT molecular complexity index is 1470. The Labute approximate surface area is 333 Å². The third-order valence-corrected chi connectivity index (χ3v) is 9.20. The van der Waals surface area contributed by atoms with Crippen LogP contribution in [0.1, 0.15) is 49.3 Å². The number of likely N-dealkylation sites (N-methyl/N-ethyl adjacent to an activating group) is 2. The Morgan fingerprint density at radius 1 is 0.673 bits per heavy atom. The van der Waals surface area contributed by atoms with Gasteiger partial charge in [-0.2, -0.15) is 10.5 Å². The van der Waals surface area contributed by atoms with Crippen molar-refractivity contribution in [3.05, 3.63) is 39.8 Å². The van der Waals surface area contributed by atoms with Crippen LogP contribution in [-0.2, 0) is 33.2 Å². The van der Waals surface area contributed by atoms with Gasteiger partial charge in [0.15, 0.2) is 5.00 Å². The van der Waals surface area contributed by atoms with Gasteiger partial charge in [0.05, 0.1) is 102 Å². The molecule has 0 spiro atoms. The van der Waals surface area contributed by atoms with Gasteiger partial charge in [-0.25, -0.2) is 0 Å². The molecule has 0 N–H and O–H groups in total. The molecule has 0 saturated heterocycles.